The number of phenolic OH excluding ortho intramolecular Hbond substituents is 1. The van der Waals surface area contributed by atoms with Crippen LogP contribution in [-0.4, -0.2) is 57.6 Å². The number of hydrogen-bond donors (Lipinski definition) is 3. The van der Waals surface area contributed by atoms with E-state index in [0.717, 1.165) is 68.5 Å². The minimum absolute atomic E-state index is 0.132. The maximum atomic E-state index is 12.9. The molecule has 9 heteroatoms. The highest BCUT2D eigenvalue weighted by molar-refractivity contribution is 5.73. The number of aliphatic hydroxyl groups excluding tert-OH is 1. The Morgan fingerprint density at radius 3 is 2.67 bits per heavy atom. The zero-order valence-corrected chi connectivity index (χ0v) is 16.5. The van der Waals surface area contributed by atoms with Crippen molar-refractivity contribution < 1.29 is 23.4 Å². The van der Waals surface area contributed by atoms with E-state index in [1.165, 1.54) is 6.07 Å². The monoisotopic (exact) mass is 422 g/mol. The third-order valence-electron chi connectivity index (χ3n) is 5.88. The standard InChI is InChI=1S/C21H25F3N4O2/c22-21(23,24)13-6-7-17(18(30)11-13)19-15-4-1-5-16(15)20(27-26-19)25-14-3-2-8-28(12-14)9-10-29/h6-7,11,14,29-30H,1-5,8-10,12H2,(H,25,27)/t14-/m1/s1. The van der Waals surface area contributed by atoms with E-state index in [2.05, 4.69) is 20.4 Å². The summed E-state index contributed by atoms with van der Waals surface area (Å²) in [7, 11) is 0. The molecule has 0 saturated carbocycles. The van der Waals surface area contributed by atoms with Crippen molar-refractivity contribution in [1.82, 2.24) is 15.1 Å². The maximum absolute atomic E-state index is 12.9. The predicted molar refractivity (Wildman–Crippen MR) is 106 cm³/mol. The predicted octanol–water partition coefficient (Wildman–Crippen LogP) is 3.23. The van der Waals surface area contributed by atoms with Gasteiger partial charge in [-0.05, 0) is 62.4 Å². The quantitative estimate of drug-likeness (QED) is 0.687. The smallest absolute Gasteiger partial charge is 0.416 e. The molecule has 4 rings (SSSR count). The average molecular weight is 422 g/mol. The molecule has 1 aliphatic carbocycles. The van der Waals surface area contributed by atoms with Crippen LogP contribution >= 0.6 is 0 Å². The van der Waals surface area contributed by atoms with Gasteiger partial charge in [0.2, 0.25) is 0 Å². The Bertz CT molecular complexity index is 918. The number of nitrogens with one attached hydrogen (secondary N) is 1. The molecule has 1 saturated heterocycles. The molecular formula is C21H25F3N4O2. The Morgan fingerprint density at radius 2 is 1.93 bits per heavy atom. The lowest BCUT2D eigenvalue weighted by Gasteiger charge is -2.33. The molecule has 1 aromatic heterocycles. The van der Waals surface area contributed by atoms with Crippen LogP contribution in [0.1, 0.15) is 36.0 Å². The second-order valence-corrected chi connectivity index (χ2v) is 7.95. The largest absolute Gasteiger partial charge is 0.507 e. The molecule has 30 heavy (non-hydrogen) atoms. The van der Waals surface area contributed by atoms with Crippen LogP contribution < -0.4 is 5.32 Å². The Balaban J connectivity index is 1.60. The van der Waals surface area contributed by atoms with Crippen molar-refractivity contribution in [3.05, 3.63) is 34.9 Å². The zero-order valence-electron chi connectivity index (χ0n) is 16.5. The number of rotatable bonds is 5. The van der Waals surface area contributed by atoms with Gasteiger partial charge in [-0.1, -0.05) is 0 Å². The van der Waals surface area contributed by atoms with E-state index < -0.39 is 17.5 Å². The molecule has 0 bridgehead atoms. The number of hydrogen-bond acceptors (Lipinski definition) is 6. The topological polar surface area (TPSA) is 81.5 Å². The number of phenols is 1. The molecule has 2 aliphatic rings. The summed E-state index contributed by atoms with van der Waals surface area (Å²) in [5.41, 5.74) is 1.79. The van der Waals surface area contributed by atoms with Gasteiger partial charge in [-0.3, -0.25) is 4.90 Å². The fourth-order valence-electron chi connectivity index (χ4n) is 4.44. The number of likely N-dealkylation sites (tertiary alicyclic amines) is 1. The van der Waals surface area contributed by atoms with Gasteiger partial charge >= 0.3 is 6.18 Å². The lowest BCUT2D eigenvalue weighted by atomic mass is 10.0. The minimum atomic E-state index is -4.51. The summed E-state index contributed by atoms with van der Waals surface area (Å²) < 4.78 is 38.7. The summed E-state index contributed by atoms with van der Waals surface area (Å²) in [6, 6.07) is 3.17. The molecule has 2 aromatic rings. The number of anilines is 1. The number of benzene rings is 1. The van der Waals surface area contributed by atoms with Crippen LogP contribution in [0.5, 0.6) is 5.75 Å². The van der Waals surface area contributed by atoms with E-state index in [9.17, 15) is 23.4 Å². The Morgan fingerprint density at radius 1 is 1.13 bits per heavy atom. The molecule has 2 heterocycles. The second kappa shape index (κ2) is 8.39. The third kappa shape index (κ3) is 4.22. The zero-order chi connectivity index (χ0) is 21.3. The van der Waals surface area contributed by atoms with Gasteiger partial charge in [0, 0.05) is 30.3 Å². The summed E-state index contributed by atoms with van der Waals surface area (Å²) in [5, 5.41) is 31.5. The Hall–Kier alpha value is -2.39. The number of β-amino-alcohol motifs (C(OH)–C–C–N with tert-alkyl or cyclic N) is 1. The van der Waals surface area contributed by atoms with Gasteiger partial charge in [0.1, 0.15) is 11.4 Å². The van der Waals surface area contributed by atoms with Crippen LogP contribution in [0.2, 0.25) is 0 Å². The van der Waals surface area contributed by atoms with E-state index in [-0.39, 0.29) is 18.2 Å². The summed E-state index contributed by atoms with van der Waals surface area (Å²) >= 11 is 0. The Labute approximate surface area is 172 Å². The van der Waals surface area contributed by atoms with Crippen molar-refractivity contribution >= 4 is 5.82 Å². The van der Waals surface area contributed by atoms with Gasteiger partial charge in [0.25, 0.3) is 0 Å². The van der Waals surface area contributed by atoms with Crippen molar-refractivity contribution in [3.63, 3.8) is 0 Å². The van der Waals surface area contributed by atoms with Crippen LogP contribution in [0.3, 0.4) is 0 Å². The van der Waals surface area contributed by atoms with Crippen LogP contribution in [-0.2, 0) is 19.0 Å². The van der Waals surface area contributed by atoms with Crippen molar-refractivity contribution in [3.8, 4) is 17.0 Å². The lowest BCUT2D eigenvalue weighted by Crippen LogP contribution is -2.43. The first-order chi connectivity index (χ1) is 14.4. The van der Waals surface area contributed by atoms with Gasteiger partial charge in [0.05, 0.1) is 12.2 Å². The number of piperidine rings is 1. The molecule has 1 aromatic carbocycles. The Kier molecular flexibility index (Phi) is 5.84. The van der Waals surface area contributed by atoms with Crippen LogP contribution in [0.15, 0.2) is 18.2 Å². The van der Waals surface area contributed by atoms with Crippen molar-refractivity contribution in [2.24, 2.45) is 0 Å². The first-order valence-corrected chi connectivity index (χ1v) is 10.3. The van der Waals surface area contributed by atoms with Gasteiger partial charge in [-0.25, -0.2) is 0 Å². The van der Waals surface area contributed by atoms with Gasteiger partial charge < -0.3 is 15.5 Å². The first-order valence-electron chi connectivity index (χ1n) is 10.3. The lowest BCUT2D eigenvalue weighted by molar-refractivity contribution is -0.137. The van der Waals surface area contributed by atoms with Crippen molar-refractivity contribution in [2.45, 2.75) is 44.3 Å². The van der Waals surface area contributed by atoms with Gasteiger partial charge in [-0.15, -0.1) is 10.2 Å². The average Bonchev–Trinajstić information content (AvgIpc) is 3.19. The number of aromatic nitrogens is 2. The van der Waals surface area contributed by atoms with E-state index in [1.807, 2.05) is 0 Å². The van der Waals surface area contributed by atoms with Gasteiger partial charge in [0.15, 0.2) is 5.82 Å². The molecule has 0 radical (unpaired) electrons. The molecule has 162 valence electrons. The van der Waals surface area contributed by atoms with Crippen LogP contribution in [0.4, 0.5) is 19.0 Å². The van der Waals surface area contributed by atoms with Crippen molar-refractivity contribution in [1.29, 1.82) is 0 Å². The number of aliphatic hydroxyl groups is 1. The number of nitrogens with zero attached hydrogens (tertiary/aromatic N) is 3. The fraction of sp³-hybridized carbons (Fsp3) is 0.524. The molecular weight excluding hydrogens is 397 g/mol. The first kappa shape index (κ1) is 20.9. The number of fused-ring (bicyclic) bond motifs is 1. The second-order valence-electron chi connectivity index (χ2n) is 7.95. The summed E-state index contributed by atoms with van der Waals surface area (Å²) in [5.74, 6) is 0.273. The highest BCUT2D eigenvalue weighted by atomic mass is 19.4. The summed E-state index contributed by atoms with van der Waals surface area (Å²) in [6.07, 6.45) is -0.00960. The molecule has 0 amide bonds. The molecule has 6 nitrogen and oxygen atoms in total. The highest BCUT2D eigenvalue weighted by Crippen LogP contribution is 2.40. The summed E-state index contributed by atoms with van der Waals surface area (Å²) in [6.45, 7) is 2.56. The van der Waals surface area contributed by atoms with Gasteiger partial charge in [-0.2, -0.15) is 13.2 Å². The normalized spacial score (nSPS) is 19.7. The van der Waals surface area contributed by atoms with Crippen LogP contribution in [0, 0.1) is 0 Å². The molecule has 1 fully saturated rings. The van der Waals surface area contributed by atoms with E-state index in [1.54, 1.807) is 0 Å². The summed E-state index contributed by atoms with van der Waals surface area (Å²) in [4.78, 5) is 2.21. The maximum Gasteiger partial charge on any atom is 0.416 e. The number of aromatic hydroxyl groups is 1. The van der Waals surface area contributed by atoms with Crippen molar-refractivity contribution in [2.75, 3.05) is 31.6 Å². The SMILES string of the molecule is OCCN1CCC[C@@H](Nc2nnc(-c3ccc(C(F)(F)F)cc3O)c3c2CCC3)C1. The molecule has 3 N–H and O–H groups in total. The van der Waals surface area contributed by atoms with E-state index in [4.69, 9.17) is 0 Å². The van der Waals surface area contributed by atoms with Crippen LogP contribution in [0.25, 0.3) is 11.3 Å². The van der Waals surface area contributed by atoms with E-state index in [0.29, 0.717) is 18.1 Å². The molecule has 1 aliphatic heterocycles. The number of halogens is 3. The minimum Gasteiger partial charge on any atom is -0.507 e. The number of alkyl halides is 3. The highest BCUT2D eigenvalue weighted by Gasteiger charge is 2.32. The molecule has 0 spiro atoms. The fourth-order valence-corrected chi connectivity index (χ4v) is 4.44. The third-order valence-corrected chi connectivity index (χ3v) is 5.88. The molecule has 1 atom stereocenters. The molecule has 0 unspecified atom stereocenters. The van der Waals surface area contributed by atoms with E-state index >= 15 is 0 Å².